The van der Waals surface area contributed by atoms with Crippen molar-refractivity contribution in [3.8, 4) is 0 Å². The molecule has 98 valence electrons. The van der Waals surface area contributed by atoms with Crippen LogP contribution in [-0.2, 0) is 0 Å². The second-order valence-electron chi connectivity index (χ2n) is 4.94. The Morgan fingerprint density at radius 1 is 1.56 bits per heavy atom. The smallest absolute Gasteiger partial charge is 0.257 e. The molecule has 1 amide bonds. The van der Waals surface area contributed by atoms with E-state index in [9.17, 15) is 4.79 Å². The molecule has 0 aromatic carbocycles. The number of hydrogen-bond donors (Lipinski definition) is 1. The van der Waals surface area contributed by atoms with Gasteiger partial charge >= 0.3 is 0 Å². The van der Waals surface area contributed by atoms with Gasteiger partial charge in [0.15, 0.2) is 0 Å². The van der Waals surface area contributed by atoms with Gasteiger partial charge in [-0.05, 0) is 47.7 Å². The molecular weight excluding hydrogens is 294 g/mol. The molecule has 2 N–H and O–H groups in total. The number of nitrogens with two attached hydrogens (primary N) is 1. The van der Waals surface area contributed by atoms with E-state index >= 15 is 0 Å². The van der Waals surface area contributed by atoms with E-state index in [4.69, 9.17) is 5.73 Å². The molecule has 0 bridgehead atoms. The van der Waals surface area contributed by atoms with Crippen LogP contribution < -0.4 is 5.73 Å². The minimum atomic E-state index is -0.0136. The van der Waals surface area contributed by atoms with Gasteiger partial charge in [0.25, 0.3) is 5.91 Å². The molecule has 1 aromatic rings. The first-order chi connectivity index (χ1) is 8.50. The minimum Gasteiger partial charge on any atom is -0.383 e. The van der Waals surface area contributed by atoms with Crippen molar-refractivity contribution in [2.24, 2.45) is 5.92 Å². The number of carbonyl (C=O) groups excluding carboxylic acids is 1. The van der Waals surface area contributed by atoms with Gasteiger partial charge in [-0.25, -0.2) is 4.98 Å². The average molecular weight is 312 g/mol. The van der Waals surface area contributed by atoms with Crippen molar-refractivity contribution in [2.45, 2.75) is 32.7 Å². The standard InChI is InChI=1S/C13H18BrN3O/c1-8-4-3-5-17(9(8)2)13(18)11-6-10(14)7-16-12(11)15/h6-9H,3-5H2,1-2H3,(H2,15,16). The summed E-state index contributed by atoms with van der Waals surface area (Å²) in [5, 5.41) is 0. The molecule has 1 aromatic heterocycles. The zero-order valence-corrected chi connectivity index (χ0v) is 12.3. The van der Waals surface area contributed by atoms with Crippen molar-refractivity contribution >= 4 is 27.7 Å². The zero-order chi connectivity index (χ0) is 13.3. The van der Waals surface area contributed by atoms with Crippen LogP contribution in [0.15, 0.2) is 16.7 Å². The van der Waals surface area contributed by atoms with E-state index in [2.05, 4.69) is 34.8 Å². The maximum atomic E-state index is 12.5. The maximum Gasteiger partial charge on any atom is 0.257 e. The summed E-state index contributed by atoms with van der Waals surface area (Å²) < 4.78 is 0.776. The Bertz CT molecular complexity index is 464. The Hall–Kier alpha value is -1.10. The Morgan fingerprint density at radius 2 is 2.28 bits per heavy atom. The topological polar surface area (TPSA) is 59.2 Å². The Balaban J connectivity index is 2.27. The number of halogens is 1. The van der Waals surface area contributed by atoms with Gasteiger partial charge in [0.05, 0.1) is 5.56 Å². The first kappa shape index (κ1) is 13.3. The van der Waals surface area contributed by atoms with E-state index in [1.165, 1.54) is 6.42 Å². The van der Waals surface area contributed by atoms with E-state index in [0.29, 0.717) is 17.3 Å². The van der Waals surface area contributed by atoms with Crippen molar-refractivity contribution in [3.63, 3.8) is 0 Å². The minimum absolute atomic E-state index is 0.0136. The predicted molar refractivity (Wildman–Crippen MR) is 75.2 cm³/mol. The number of anilines is 1. The molecule has 0 aliphatic carbocycles. The number of likely N-dealkylation sites (tertiary alicyclic amines) is 1. The molecule has 1 aliphatic rings. The van der Waals surface area contributed by atoms with Crippen LogP contribution in [-0.4, -0.2) is 28.4 Å². The Morgan fingerprint density at radius 3 is 3.00 bits per heavy atom. The highest BCUT2D eigenvalue weighted by Crippen LogP contribution is 2.26. The zero-order valence-electron chi connectivity index (χ0n) is 10.7. The van der Waals surface area contributed by atoms with Gasteiger partial charge in [-0.3, -0.25) is 4.79 Å². The summed E-state index contributed by atoms with van der Waals surface area (Å²) in [6.45, 7) is 5.09. The van der Waals surface area contributed by atoms with Gasteiger partial charge in [-0.1, -0.05) is 6.92 Å². The largest absolute Gasteiger partial charge is 0.383 e. The van der Waals surface area contributed by atoms with Crippen LogP contribution in [0, 0.1) is 5.92 Å². The predicted octanol–water partition coefficient (Wildman–Crippen LogP) is 2.69. The van der Waals surface area contributed by atoms with E-state index in [-0.39, 0.29) is 11.9 Å². The van der Waals surface area contributed by atoms with Gasteiger partial charge in [0, 0.05) is 23.3 Å². The molecular formula is C13H18BrN3O. The summed E-state index contributed by atoms with van der Waals surface area (Å²) in [6, 6.07) is 2.00. The number of amides is 1. The maximum absolute atomic E-state index is 12.5. The second-order valence-corrected chi connectivity index (χ2v) is 5.86. The van der Waals surface area contributed by atoms with Crippen molar-refractivity contribution < 1.29 is 4.79 Å². The fourth-order valence-corrected chi connectivity index (χ4v) is 2.73. The third kappa shape index (κ3) is 2.51. The van der Waals surface area contributed by atoms with Crippen LogP contribution in [0.25, 0.3) is 0 Å². The molecule has 2 rings (SSSR count). The lowest BCUT2D eigenvalue weighted by atomic mass is 9.91. The number of nitrogens with zero attached hydrogens (tertiary/aromatic N) is 2. The summed E-state index contributed by atoms with van der Waals surface area (Å²) in [4.78, 5) is 18.4. The summed E-state index contributed by atoms with van der Waals surface area (Å²) in [5.41, 5.74) is 6.29. The van der Waals surface area contributed by atoms with Gasteiger partial charge in [-0.2, -0.15) is 0 Å². The highest BCUT2D eigenvalue weighted by Gasteiger charge is 2.30. The number of carbonyl (C=O) groups is 1. The highest BCUT2D eigenvalue weighted by molar-refractivity contribution is 9.10. The molecule has 1 saturated heterocycles. The molecule has 0 saturated carbocycles. The number of nitrogen functional groups attached to an aromatic ring is 1. The number of aromatic nitrogens is 1. The van der Waals surface area contributed by atoms with Gasteiger partial charge in [0.2, 0.25) is 0 Å². The summed E-state index contributed by atoms with van der Waals surface area (Å²) in [6.07, 6.45) is 3.84. The summed E-state index contributed by atoms with van der Waals surface area (Å²) in [7, 11) is 0. The van der Waals surface area contributed by atoms with Crippen molar-refractivity contribution in [2.75, 3.05) is 12.3 Å². The highest BCUT2D eigenvalue weighted by atomic mass is 79.9. The molecule has 5 heteroatoms. The fraction of sp³-hybridized carbons (Fsp3) is 0.538. The third-order valence-corrected chi connectivity index (χ3v) is 4.18. The van der Waals surface area contributed by atoms with Gasteiger partial charge in [0.1, 0.15) is 5.82 Å². The number of piperidine rings is 1. The Kier molecular flexibility index (Phi) is 3.90. The molecule has 2 unspecified atom stereocenters. The van der Waals surface area contributed by atoms with Crippen LogP contribution in [0.3, 0.4) is 0 Å². The number of pyridine rings is 1. The number of hydrogen-bond acceptors (Lipinski definition) is 3. The SMILES string of the molecule is CC1CCCN(C(=O)c2cc(Br)cnc2N)C1C. The molecule has 2 heterocycles. The molecule has 18 heavy (non-hydrogen) atoms. The van der Waals surface area contributed by atoms with Crippen LogP contribution in [0.1, 0.15) is 37.0 Å². The monoisotopic (exact) mass is 311 g/mol. The molecule has 1 aliphatic heterocycles. The quantitative estimate of drug-likeness (QED) is 0.867. The summed E-state index contributed by atoms with van der Waals surface area (Å²) in [5.74, 6) is 0.818. The summed E-state index contributed by atoms with van der Waals surface area (Å²) >= 11 is 3.33. The van der Waals surface area contributed by atoms with Crippen molar-refractivity contribution in [1.82, 2.24) is 9.88 Å². The van der Waals surface area contributed by atoms with Crippen LogP contribution in [0.4, 0.5) is 5.82 Å². The molecule has 0 radical (unpaired) electrons. The average Bonchev–Trinajstić information content (AvgIpc) is 2.35. The molecule has 0 spiro atoms. The van der Waals surface area contributed by atoms with Gasteiger partial charge in [-0.15, -0.1) is 0 Å². The normalized spacial score (nSPS) is 24.1. The molecule has 4 nitrogen and oxygen atoms in total. The lowest BCUT2D eigenvalue weighted by Gasteiger charge is -2.38. The second kappa shape index (κ2) is 5.26. The first-order valence-corrected chi connectivity index (χ1v) is 7.02. The molecule has 1 fully saturated rings. The van der Waals surface area contributed by atoms with Crippen LogP contribution in [0.2, 0.25) is 0 Å². The third-order valence-electron chi connectivity index (χ3n) is 3.75. The van der Waals surface area contributed by atoms with E-state index < -0.39 is 0 Å². The lowest BCUT2D eigenvalue weighted by molar-refractivity contribution is 0.0551. The first-order valence-electron chi connectivity index (χ1n) is 6.22. The van der Waals surface area contributed by atoms with Crippen molar-refractivity contribution in [3.05, 3.63) is 22.3 Å². The molecule has 2 atom stereocenters. The van der Waals surface area contributed by atoms with E-state index in [0.717, 1.165) is 17.4 Å². The Labute approximate surface area is 116 Å². The lowest BCUT2D eigenvalue weighted by Crippen LogP contribution is -2.46. The van der Waals surface area contributed by atoms with Gasteiger partial charge < -0.3 is 10.6 Å². The number of rotatable bonds is 1. The van der Waals surface area contributed by atoms with Crippen molar-refractivity contribution in [1.29, 1.82) is 0 Å². The van der Waals surface area contributed by atoms with E-state index in [1.807, 2.05) is 4.90 Å². The van der Waals surface area contributed by atoms with E-state index in [1.54, 1.807) is 12.3 Å². The van der Waals surface area contributed by atoms with Crippen LogP contribution in [0.5, 0.6) is 0 Å². The van der Waals surface area contributed by atoms with Crippen LogP contribution >= 0.6 is 15.9 Å². The fourth-order valence-electron chi connectivity index (χ4n) is 2.40.